The van der Waals surface area contributed by atoms with Crippen molar-refractivity contribution in [2.45, 2.75) is 84.3 Å². The van der Waals surface area contributed by atoms with E-state index in [1.807, 2.05) is 93.6 Å². The second kappa shape index (κ2) is 13.4. The van der Waals surface area contributed by atoms with Crippen LogP contribution >= 0.6 is 0 Å². The highest BCUT2D eigenvalue weighted by molar-refractivity contribution is 6.74. The number of nitrogens with one attached hydrogen (secondary N) is 1. The van der Waals surface area contributed by atoms with Crippen LogP contribution in [-0.4, -0.2) is 37.3 Å². The monoisotopic (exact) mass is 614 g/mol. The van der Waals surface area contributed by atoms with Crippen LogP contribution in [0.3, 0.4) is 0 Å². The maximum absolute atomic E-state index is 13.4. The summed E-state index contributed by atoms with van der Waals surface area (Å²) in [4.78, 5) is 26.7. The van der Waals surface area contributed by atoms with Crippen molar-refractivity contribution in [1.82, 2.24) is 9.88 Å². The van der Waals surface area contributed by atoms with Crippen LogP contribution in [0.15, 0.2) is 85.1 Å². The van der Waals surface area contributed by atoms with E-state index < -0.39 is 32.1 Å². The number of carbonyl (C=O) groups excluding carboxylic acids is 2. The van der Waals surface area contributed by atoms with Gasteiger partial charge in [-0.25, -0.2) is 9.59 Å². The third-order valence-electron chi connectivity index (χ3n) is 8.13. The Morgan fingerprint density at radius 1 is 0.841 bits per heavy atom. The zero-order valence-electron chi connectivity index (χ0n) is 27.3. The topological polar surface area (TPSA) is 78.8 Å². The van der Waals surface area contributed by atoms with E-state index >= 15 is 0 Å². The molecule has 0 unspecified atom stereocenters. The van der Waals surface area contributed by atoms with Gasteiger partial charge in [-0.3, -0.25) is 4.57 Å². The Morgan fingerprint density at radius 2 is 1.48 bits per heavy atom. The smallest absolute Gasteiger partial charge is 0.419 e. The molecule has 0 spiro atoms. The van der Waals surface area contributed by atoms with E-state index in [1.54, 1.807) is 6.20 Å². The molecule has 0 bridgehead atoms. The third-order valence-corrected chi connectivity index (χ3v) is 12.7. The number of hydrogen-bond acceptors (Lipinski definition) is 5. The summed E-state index contributed by atoms with van der Waals surface area (Å²) >= 11 is 0. The van der Waals surface area contributed by atoms with E-state index in [-0.39, 0.29) is 11.6 Å². The maximum atomic E-state index is 13.4. The van der Waals surface area contributed by atoms with E-state index in [2.05, 4.69) is 45.2 Å². The van der Waals surface area contributed by atoms with Gasteiger partial charge in [-0.15, -0.1) is 0 Å². The lowest BCUT2D eigenvalue weighted by Gasteiger charge is -2.36. The van der Waals surface area contributed by atoms with Crippen LogP contribution in [0.5, 0.6) is 0 Å². The molecule has 234 valence electrons. The van der Waals surface area contributed by atoms with Crippen molar-refractivity contribution in [2.24, 2.45) is 0 Å². The summed E-state index contributed by atoms with van der Waals surface area (Å²) in [5.41, 5.74) is 3.65. The average molecular weight is 615 g/mol. The molecule has 1 atom stereocenters. The van der Waals surface area contributed by atoms with Crippen LogP contribution < -0.4 is 5.32 Å². The van der Waals surface area contributed by atoms with Crippen LogP contribution in [0.25, 0.3) is 10.9 Å². The molecule has 0 aliphatic heterocycles. The lowest BCUT2D eigenvalue weighted by atomic mass is 9.93. The van der Waals surface area contributed by atoms with Crippen LogP contribution in [0.4, 0.5) is 9.59 Å². The molecule has 0 aliphatic carbocycles. The Balaban J connectivity index is 1.73. The number of hydrogen-bond donors (Lipinski definition) is 1. The fourth-order valence-electron chi connectivity index (χ4n) is 4.78. The summed E-state index contributed by atoms with van der Waals surface area (Å²) in [6, 6.07) is 24.7. The van der Waals surface area contributed by atoms with Gasteiger partial charge in [-0.2, -0.15) is 0 Å². The first-order valence-electron chi connectivity index (χ1n) is 15.2. The Labute approximate surface area is 262 Å². The summed E-state index contributed by atoms with van der Waals surface area (Å²) in [5.74, 6) is 0. The molecule has 0 saturated heterocycles. The van der Waals surface area contributed by atoms with Crippen molar-refractivity contribution in [3.05, 3.63) is 107 Å². The van der Waals surface area contributed by atoms with Gasteiger partial charge in [-0.05, 0) is 68.1 Å². The van der Waals surface area contributed by atoms with E-state index in [1.165, 1.54) is 4.57 Å². The Kier molecular flexibility index (Phi) is 10.1. The standard InChI is InChI=1S/C36H46N2O5Si/c1-35(2,3)43-34(40)38-24-30(29-20-14-15-21-31(29)38)32(37-33(39)41-25-26-16-10-9-11-17-26)28-19-13-12-18-27(28)22-23-42-44(7,8)36(4,5)6/h9-21,24,32H,22-23,25H2,1-8H3,(H,37,39)/t32-/m0/s1. The predicted molar refractivity (Wildman–Crippen MR) is 178 cm³/mol. The molecular formula is C36H46N2O5Si. The first-order valence-corrected chi connectivity index (χ1v) is 18.1. The molecule has 4 aromatic rings. The van der Waals surface area contributed by atoms with Crippen molar-refractivity contribution < 1.29 is 23.5 Å². The summed E-state index contributed by atoms with van der Waals surface area (Å²) in [6.07, 6.45) is 1.40. The number of para-hydroxylation sites is 1. The van der Waals surface area contributed by atoms with Gasteiger partial charge in [0, 0.05) is 23.8 Å². The van der Waals surface area contributed by atoms with Crippen LogP contribution in [-0.2, 0) is 26.9 Å². The van der Waals surface area contributed by atoms with Crippen molar-refractivity contribution in [3.8, 4) is 0 Å². The highest BCUT2D eigenvalue weighted by Crippen LogP contribution is 2.37. The van der Waals surface area contributed by atoms with Gasteiger partial charge in [0.15, 0.2) is 8.32 Å². The molecule has 0 aliphatic rings. The minimum atomic E-state index is -1.95. The van der Waals surface area contributed by atoms with Gasteiger partial charge in [0.1, 0.15) is 12.2 Å². The first kappa shape index (κ1) is 33.0. The zero-order valence-corrected chi connectivity index (χ0v) is 28.3. The molecule has 1 aromatic heterocycles. The third kappa shape index (κ3) is 8.18. The highest BCUT2D eigenvalue weighted by atomic mass is 28.4. The molecule has 0 fully saturated rings. The largest absolute Gasteiger partial charge is 0.445 e. The van der Waals surface area contributed by atoms with Crippen molar-refractivity contribution >= 4 is 31.4 Å². The number of alkyl carbamates (subject to hydrolysis) is 1. The molecule has 3 aromatic carbocycles. The summed E-state index contributed by atoms with van der Waals surface area (Å²) in [7, 11) is -1.95. The Bertz CT molecular complexity index is 1580. The molecule has 1 heterocycles. The maximum Gasteiger partial charge on any atom is 0.419 e. The number of amides is 1. The minimum Gasteiger partial charge on any atom is -0.445 e. The minimum absolute atomic E-state index is 0.0998. The van der Waals surface area contributed by atoms with E-state index in [0.29, 0.717) is 18.5 Å². The number of carbonyl (C=O) groups is 2. The Hall–Kier alpha value is -3.88. The van der Waals surface area contributed by atoms with Crippen molar-refractivity contribution in [3.63, 3.8) is 0 Å². The number of ether oxygens (including phenoxy) is 2. The van der Waals surface area contributed by atoms with Crippen LogP contribution in [0, 0.1) is 0 Å². The zero-order chi connectivity index (χ0) is 32.1. The molecule has 4 rings (SSSR count). The number of nitrogens with zero attached hydrogens (tertiary/aromatic N) is 1. The van der Waals surface area contributed by atoms with Gasteiger partial charge < -0.3 is 19.2 Å². The summed E-state index contributed by atoms with van der Waals surface area (Å²) in [5, 5.41) is 4.06. The average Bonchev–Trinajstić information content (AvgIpc) is 3.34. The molecule has 0 radical (unpaired) electrons. The first-order chi connectivity index (χ1) is 20.7. The van der Waals surface area contributed by atoms with Gasteiger partial charge in [0.25, 0.3) is 0 Å². The summed E-state index contributed by atoms with van der Waals surface area (Å²) < 4.78 is 19.4. The van der Waals surface area contributed by atoms with E-state index in [0.717, 1.165) is 27.6 Å². The molecule has 1 amide bonds. The van der Waals surface area contributed by atoms with Gasteiger partial charge in [0.05, 0.1) is 11.6 Å². The van der Waals surface area contributed by atoms with Gasteiger partial charge >= 0.3 is 12.2 Å². The predicted octanol–water partition coefficient (Wildman–Crippen LogP) is 9.00. The van der Waals surface area contributed by atoms with Crippen molar-refractivity contribution in [1.29, 1.82) is 0 Å². The van der Waals surface area contributed by atoms with E-state index in [4.69, 9.17) is 13.9 Å². The Morgan fingerprint density at radius 3 is 2.16 bits per heavy atom. The number of fused-ring (bicyclic) bond motifs is 1. The molecule has 44 heavy (non-hydrogen) atoms. The van der Waals surface area contributed by atoms with Crippen molar-refractivity contribution in [2.75, 3.05) is 6.61 Å². The molecular weight excluding hydrogens is 568 g/mol. The SMILES string of the molecule is CC(C)(C)OC(=O)n1cc([C@@H](NC(=O)OCc2ccccc2)c2ccccc2CCO[Si](C)(C)C(C)(C)C)c2ccccc21. The van der Waals surface area contributed by atoms with Gasteiger partial charge in [0.2, 0.25) is 0 Å². The fraction of sp³-hybridized carbons (Fsp3) is 0.389. The summed E-state index contributed by atoms with van der Waals surface area (Å²) in [6.45, 7) is 17.4. The van der Waals surface area contributed by atoms with Gasteiger partial charge in [-0.1, -0.05) is 93.6 Å². The van der Waals surface area contributed by atoms with Crippen LogP contribution in [0.1, 0.15) is 69.8 Å². The second-order valence-electron chi connectivity index (χ2n) is 13.6. The van der Waals surface area contributed by atoms with E-state index in [9.17, 15) is 9.59 Å². The number of rotatable bonds is 9. The highest BCUT2D eigenvalue weighted by Gasteiger charge is 2.37. The lowest BCUT2D eigenvalue weighted by molar-refractivity contribution is 0.0544. The quantitative estimate of drug-likeness (QED) is 0.190. The number of aromatic nitrogens is 1. The molecule has 7 nitrogen and oxygen atoms in total. The molecule has 0 saturated carbocycles. The fourth-order valence-corrected chi connectivity index (χ4v) is 5.83. The molecule has 8 heteroatoms. The number of benzene rings is 3. The second-order valence-corrected chi connectivity index (χ2v) is 18.5. The molecule has 1 N–H and O–H groups in total. The lowest BCUT2D eigenvalue weighted by Crippen LogP contribution is -2.41. The van der Waals surface area contributed by atoms with Crippen LogP contribution in [0.2, 0.25) is 18.1 Å². The normalized spacial score (nSPS) is 13.0.